The fraction of sp³-hybridized carbons (Fsp3) is 0.111. The Morgan fingerprint density at radius 2 is 2.17 bits per heavy atom. The molecule has 3 aromatic rings. The highest BCUT2D eigenvalue weighted by Gasteiger charge is 2.11. The zero-order chi connectivity index (χ0) is 17.3. The lowest BCUT2D eigenvalue weighted by Gasteiger charge is -2.07. The smallest absolute Gasteiger partial charge is 0.161 e. The number of benzene rings is 2. The number of aromatic hydroxyl groups is 1. The number of hydrogen-bond acceptors (Lipinski definition) is 5. The third-order valence-electron chi connectivity index (χ3n) is 3.52. The van der Waals surface area contributed by atoms with E-state index in [1.165, 1.54) is 18.4 Å². The van der Waals surface area contributed by atoms with E-state index in [9.17, 15) is 10.4 Å². The van der Waals surface area contributed by atoms with E-state index >= 15 is 0 Å². The van der Waals surface area contributed by atoms with E-state index < -0.39 is 0 Å². The van der Waals surface area contributed by atoms with Crippen LogP contribution in [0.3, 0.4) is 0 Å². The monoisotopic (exact) mass is 356 g/mol. The third-order valence-corrected chi connectivity index (χ3v) is 4.82. The number of methoxy groups -OCH3 is 1. The highest BCUT2D eigenvalue weighted by atomic mass is 35.5. The first-order valence-corrected chi connectivity index (χ1v) is 8.27. The Hall–Kier alpha value is -2.55. The molecule has 0 spiro atoms. The molecule has 0 saturated carbocycles. The minimum atomic E-state index is 0.0998. The summed E-state index contributed by atoms with van der Waals surface area (Å²) in [6.45, 7) is 1.78. The summed E-state index contributed by atoms with van der Waals surface area (Å²) in [4.78, 5) is 4.49. The van der Waals surface area contributed by atoms with Crippen molar-refractivity contribution in [3.8, 4) is 17.6 Å². The number of fused-ring (bicyclic) bond motifs is 1. The third kappa shape index (κ3) is 3.07. The van der Waals surface area contributed by atoms with E-state index in [1.54, 1.807) is 37.3 Å². The molecule has 0 atom stereocenters. The van der Waals surface area contributed by atoms with Crippen molar-refractivity contribution in [1.29, 1.82) is 5.26 Å². The molecular weight excluding hydrogens is 344 g/mol. The number of halogens is 1. The second-order valence-electron chi connectivity index (χ2n) is 5.19. The maximum atomic E-state index is 9.92. The number of aromatic nitrogens is 1. The molecule has 0 radical (unpaired) electrons. The van der Waals surface area contributed by atoms with E-state index in [4.69, 9.17) is 16.3 Å². The maximum absolute atomic E-state index is 9.92. The second-order valence-corrected chi connectivity index (χ2v) is 6.66. The molecule has 0 aliphatic carbocycles. The largest absolute Gasteiger partial charge is 0.504 e. The second kappa shape index (κ2) is 6.52. The van der Waals surface area contributed by atoms with Crippen LogP contribution in [-0.2, 0) is 0 Å². The molecule has 4 nitrogen and oxygen atoms in total. The van der Waals surface area contributed by atoms with Crippen molar-refractivity contribution in [1.82, 2.24) is 4.98 Å². The summed E-state index contributed by atoms with van der Waals surface area (Å²) < 4.78 is 6.13. The Kier molecular flexibility index (Phi) is 4.43. The summed E-state index contributed by atoms with van der Waals surface area (Å²) >= 11 is 7.42. The van der Waals surface area contributed by atoms with Gasteiger partial charge in [0.25, 0.3) is 0 Å². The molecular formula is C18H13ClN2O2S. The van der Waals surface area contributed by atoms with Crippen LogP contribution >= 0.6 is 22.9 Å². The van der Waals surface area contributed by atoms with Crippen LogP contribution in [0, 0.1) is 18.3 Å². The van der Waals surface area contributed by atoms with Gasteiger partial charge in [-0.1, -0.05) is 11.6 Å². The summed E-state index contributed by atoms with van der Waals surface area (Å²) in [6.07, 6.45) is 1.73. The first kappa shape index (κ1) is 16.3. The Morgan fingerprint density at radius 1 is 1.38 bits per heavy atom. The van der Waals surface area contributed by atoms with Gasteiger partial charge in [0.1, 0.15) is 11.1 Å². The van der Waals surface area contributed by atoms with Crippen LogP contribution in [0.1, 0.15) is 16.1 Å². The van der Waals surface area contributed by atoms with Crippen molar-refractivity contribution in [2.45, 2.75) is 6.92 Å². The van der Waals surface area contributed by atoms with Gasteiger partial charge in [0.2, 0.25) is 0 Å². The Labute approximate surface area is 148 Å². The summed E-state index contributed by atoms with van der Waals surface area (Å²) in [5.74, 6) is 0.470. The molecule has 0 unspecified atom stereocenters. The molecule has 0 aliphatic heterocycles. The van der Waals surface area contributed by atoms with Gasteiger partial charge in [-0.05, 0) is 54.5 Å². The zero-order valence-corrected chi connectivity index (χ0v) is 14.6. The fourth-order valence-electron chi connectivity index (χ4n) is 2.34. The van der Waals surface area contributed by atoms with Crippen LogP contribution in [0.2, 0.25) is 5.02 Å². The van der Waals surface area contributed by atoms with Crippen molar-refractivity contribution in [3.63, 3.8) is 0 Å². The van der Waals surface area contributed by atoms with E-state index in [2.05, 4.69) is 11.1 Å². The normalized spacial score (nSPS) is 11.5. The van der Waals surface area contributed by atoms with Gasteiger partial charge in [0.15, 0.2) is 11.5 Å². The highest BCUT2D eigenvalue weighted by Crippen LogP contribution is 2.33. The lowest BCUT2D eigenvalue weighted by molar-refractivity contribution is 0.371. The number of hydrogen-bond donors (Lipinski definition) is 1. The number of phenols is 1. The summed E-state index contributed by atoms with van der Waals surface area (Å²) in [5, 5.41) is 20.7. The maximum Gasteiger partial charge on any atom is 0.161 e. The highest BCUT2D eigenvalue weighted by molar-refractivity contribution is 7.19. The average Bonchev–Trinajstić information content (AvgIpc) is 2.98. The molecule has 1 aromatic heterocycles. The molecule has 0 bridgehead atoms. The van der Waals surface area contributed by atoms with E-state index in [1.807, 2.05) is 6.07 Å². The van der Waals surface area contributed by atoms with E-state index in [0.717, 1.165) is 15.8 Å². The minimum Gasteiger partial charge on any atom is -0.504 e. The van der Waals surface area contributed by atoms with Gasteiger partial charge in [0, 0.05) is 5.02 Å². The van der Waals surface area contributed by atoms with Gasteiger partial charge < -0.3 is 9.84 Å². The van der Waals surface area contributed by atoms with Gasteiger partial charge in [-0.15, -0.1) is 11.3 Å². The molecule has 1 N–H and O–H groups in total. The van der Waals surface area contributed by atoms with Crippen molar-refractivity contribution in [3.05, 3.63) is 51.5 Å². The number of nitrogens with zero attached hydrogens (tertiary/aromatic N) is 2. The average molecular weight is 357 g/mol. The predicted octanol–water partition coefficient (Wildman–Crippen LogP) is 5.04. The standard InChI is InChI=1S/C18H13ClN2O2S/c1-10-5-11(7-15(23-2)17(10)22)6-12(9-20)18-21-14-8-13(19)3-4-16(14)24-18/h3-8,22H,1-2H3/b12-6+. The molecule has 3 rings (SSSR count). The molecule has 0 saturated heterocycles. The Morgan fingerprint density at radius 3 is 2.88 bits per heavy atom. The quantitative estimate of drug-likeness (QED) is 0.668. The predicted molar refractivity (Wildman–Crippen MR) is 97.5 cm³/mol. The van der Waals surface area contributed by atoms with Crippen LogP contribution in [0.4, 0.5) is 0 Å². The van der Waals surface area contributed by atoms with E-state index in [0.29, 0.717) is 26.9 Å². The fourth-order valence-corrected chi connectivity index (χ4v) is 3.42. The van der Waals surface area contributed by atoms with Crippen LogP contribution in [0.25, 0.3) is 21.9 Å². The van der Waals surface area contributed by atoms with Crippen molar-refractivity contribution >= 4 is 44.8 Å². The topological polar surface area (TPSA) is 66.1 Å². The number of nitriles is 1. The molecule has 2 aromatic carbocycles. The molecule has 24 heavy (non-hydrogen) atoms. The van der Waals surface area contributed by atoms with Crippen molar-refractivity contribution in [2.24, 2.45) is 0 Å². The van der Waals surface area contributed by atoms with Gasteiger partial charge >= 0.3 is 0 Å². The number of ether oxygens (including phenoxy) is 1. The first-order chi connectivity index (χ1) is 11.5. The number of thiazole rings is 1. The lowest BCUT2D eigenvalue weighted by atomic mass is 10.1. The van der Waals surface area contributed by atoms with Gasteiger partial charge in [0.05, 0.1) is 22.9 Å². The molecule has 0 amide bonds. The summed E-state index contributed by atoms with van der Waals surface area (Å²) in [7, 11) is 1.49. The van der Waals surface area contributed by atoms with Crippen molar-refractivity contribution < 1.29 is 9.84 Å². The summed E-state index contributed by atoms with van der Waals surface area (Å²) in [5.41, 5.74) is 2.65. The Balaban J connectivity index is 2.09. The number of rotatable bonds is 3. The molecule has 0 aliphatic rings. The molecule has 120 valence electrons. The number of phenolic OH excluding ortho intramolecular Hbond substituents is 1. The van der Waals surface area contributed by atoms with E-state index in [-0.39, 0.29) is 5.75 Å². The molecule has 6 heteroatoms. The first-order valence-electron chi connectivity index (χ1n) is 7.07. The van der Waals surface area contributed by atoms with Crippen LogP contribution < -0.4 is 4.74 Å². The van der Waals surface area contributed by atoms with Crippen LogP contribution in [-0.4, -0.2) is 17.2 Å². The molecule has 0 fully saturated rings. The van der Waals surface area contributed by atoms with Gasteiger partial charge in [-0.3, -0.25) is 0 Å². The number of aryl methyl sites for hydroxylation is 1. The lowest BCUT2D eigenvalue weighted by Crippen LogP contribution is -1.88. The SMILES string of the molecule is COc1cc(/C=C(\C#N)c2nc3cc(Cl)ccc3s2)cc(C)c1O. The van der Waals surface area contributed by atoms with Gasteiger partial charge in [-0.2, -0.15) is 5.26 Å². The molecule has 1 heterocycles. The zero-order valence-electron chi connectivity index (χ0n) is 13.0. The number of allylic oxidation sites excluding steroid dienone is 1. The summed E-state index contributed by atoms with van der Waals surface area (Å²) in [6, 6.07) is 11.1. The van der Waals surface area contributed by atoms with Crippen LogP contribution in [0.15, 0.2) is 30.3 Å². The van der Waals surface area contributed by atoms with Crippen molar-refractivity contribution in [2.75, 3.05) is 7.11 Å². The van der Waals surface area contributed by atoms with Gasteiger partial charge in [-0.25, -0.2) is 4.98 Å². The Bertz CT molecular complexity index is 1000. The minimum absolute atomic E-state index is 0.0998. The van der Waals surface area contributed by atoms with Crippen LogP contribution in [0.5, 0.6) is 11.5 Å².